The van der Waals surface area contributed by atoms with Crippen molar-refractivity contribution in [2.75, 3.05) is 6.61 Å². The van der Waals surface area contributed by atoms with Gasteiger partial charge in [0, 0.05) is 6.42 Å². The normalized spacial score (nSPS) is 13.4. The van der Waals surface area contributed by atoms with Gasteiger partial charge in [0.1, 0.15) is 0 Å². The summed E-state index contributed by atoms with van der Waals surface area (Å²) in [6.45, 7) is 4.24. The van der Waals surface area contributed by atoms with Gasteiger partial charge in [0.25, 0.3) is 0 Å². The number of hydrogen-bond acceptors (Lipinski definition) is 3. The van der Waals surface area contributed by atoms with Crippen molar-refractivity contribution in [3.8, 4) is 0 Å². The van der Waals surface area contributed by atoms with Crippen LogP contribution in [0.4, 0.5) is 0 Å². The van der Waals surface area contributed by atoms with Crippen LogP contribution in [0.15, 0.2) is 36.5 Å². The Hall–Kier alpha value is -1.39. The molecule has 0 rings (SSSR count). The molecule has 0 aromatic heterocycles. The van der Waals surface area contributed by atoms with Crippen molar-refractivity contribution in [1.29, 1.82) is 0 Å². The van der Waals surface area contributed by atoms with Gasteiger partial charge in [-0.2, -0.15) is 0 Å². The van der Waals surface area contributed by atoms with Crippen LogP contribution in [0.3, 0.4) is 0 Å². The summed E-state index contributed by atoms with van der Waals surface area (Å²) in [5.41, 5.74) is 0. The molecule has 3 N–H and O–H groups in total. The van der Waals surface area contributed by atoms with Crippen molar-refractivity contribution < 1.29 is 15.0 Å². The van der Waals surface area contributed by atoms with E-state index in [-0.39, 0.29) is 12.5 Å². The minimum absolute atomic E-state index is 0.0793. The van der Waals surface area contributed by atoms with Crippen molar-refractivity contribution in [3.05, 3.63) is 36.5 Å². The molecule has 0 aliphatic rings. The zero-order chi connectivity index (χ0) is 33.6. The first-order chi connectivity index (χ1) is 22.7. The second kappa shape index (κ2) is 38.1. The maximum atomic E-state index is 12.3. The Bertz CT molecular complexity index is 701. The van der Waals surface area contributed by atoms with Gasteiger partial charge >= 0.3 is 0 Å². The van der Waals surface area contributed by atoms with E-state index in [4.69, 9.17) is 0 Å². The Balaban J connectivity index is 3.58. The molecule has 2 unspecified atom stereocenters. The first-order valence-electron chi connectivity index (χ1n) is 20.2. The van der Waals surface area contributed by atoms with Crippen LogP contribution < -0.4 is 5.32 Å². The summed E-state index contributed by atoms with van der Waals surface area (Å²) >= 11 is 0. The third-order valence-corrected chi connectivity index (χ3v) is 9.10. The summed E-state index contributed by atoms with van der Waals surface area (Å²) in [5, 5.41) is 22.9. The Morgan fingerprint density at radius 3 is 1.39 bits per heavy atom. The van der Waals surface area contributed by atoms with Crippen molar-refractivity contribution in [2.45, 2.75) is 219 Å². The highest BCUT2D eigenvalue weighted by Gasteiger charge is 2.17. The summed E-state index contributed by atoms with van der Waals surface area (Å²) in [7, 11) is 0. The number of aliphatic hydroxyl groups is 2. The van der Waals surface area contributed by atoms with Gasteiger partial charge in [-0.3, -0.25) is 4.79 Å². The lowest BCUT2D eigenvalue weighted by molar-refractivity contribution is -0.123. The van der Waals surface area contributed by atoms with Crippen LogP contribution in [-0.4, -0.2) is 34.9 Å². The summed E-state index contributed by atoms with van der Waals surface area (Å²) in [5.74, 6) is -0.0793. The SMILES string of the molecule is CCC/C=C\C/C=C\CCCCCCCC(=O)NC(CO)C(O)/C=C/CCCCCCCCCCCCCCCCCCCCC. The van der Waals surface area contributed by atoms with E-state index < -0.39 is 12.1 Å². The lowest BCUT2D eigenvalue weighted by Crippen LogP contribution is -2.45. The topological polar surface area (TPSA) is 69.6 Å². The number of allylic oxidation sites excluding steroid dienone is 5. The fraction of sp³-hybridized carbons (Fsp3) is 0.833. The average molecular weight is 646 g/mol. The maximum Gasteiger partial charge on any atom is 0.220 e. The highest BCUT2D eigenvalue weighted by molar-refractivity contribution is 5.76. The van der Waals surface area contributed by atoms with E-state index in [0.717, 1.165) is 44.9 Å². The molecule has 0 aromatic carbocycles. The molecule has 0 fully saturated rings. The summed E-state index contributed by atoms with van der Waals surface area (Å²) in [4.78, 5) is 12.3. The van der Waals surface area contributed by atoms with Gasteiger partial charge in [-0.05, 0) is 44.9 Å². The van der Waals surface area contributed by atoms with Gasteiger partial charge in [-0.1, -0.05) is 192 Å². The monoisotopic (exact) mass is 646 g/mol. The molecule has 0 heterocycles. The van der Waals surface area contributed by atoms with Crippen LogP contribution in [0.2, 0.25) is 0 Å². The van der Waals surface area contributed by atoms with Gasteiger partial charge in [-0.15, -0.1) is 0 Å². The molecular formula is C42H79NO3. The largest absolute Gasteiger partial charge is 0.394 e. The molecule has 0 radical (unpaired) electrons. The summed E-state index contributed by atoms with van der Waals surface area (Å²) in [6.07, 6.45) is 49.6. The third kappa shape index (κ3) is 34.0. The zero-order valence-corrected chi connectivity index (χ0v) is 30.8. The molecule has 270 valence electrons. The first kappa shape index (κ1) is 44.6. The molecule has 0 bridgehead atoms. The van der Waals surface area contributed by atoms with Crippen LogP contribution in [-0.2, 0) is 4.79 Å². The second-order valence-electron chi connectivity index (χ2n) is 13.7. The molecule has 2 atom stereocenters. The van der Waals surface area contributed by atoms with Gasteiger partial charge in [0.05, 0.1) is 18.8 Å². The van der Waals surface area contributed by atoms with E-state index in [1.54, 1.807) is 6.08 Å². The molecule has 4 nitrogen and oxygen atoms in total. The number of carbonyl (C=O) groups is 1. The molecule has 0 aromatic rings. The number of hydrogen-bond donors (Lipinski definition) is 3. The smallest absolute Gasteiger partial charge is 0.220 e. The van der Waals surface area contributed by atoms with E-state index in [9.17, 15) is 15.0 Å². The number of aliphatic hydroxyl groups excluding tert-OH is 2. The molecule has 4 heteroatoms. The van der Waals surface area contributed by atoms with Crippen molar-refractivity contribution in [3.63, 3.8) is 0 Å². The van der Waals surface area contributed by atoms with E-state index in [0.29, 0.717) is 6.42 Å². The number of nitrogens with one attached hydrogen (secondary N) is 1. The molecule has 0 spiro atoms. The number of amides is 1. The Morgan fingerprint density at radius 1 is 0.522 bits per heavy atom. The van der Waals surface area contributed by atoms with Gasteiger partial charge in [-0.25, -0.2) is 0 Å². The van der Waals surface area contributed by atoms with E-state index in [1.165, 1.54) is 141 Å². The molecule has 46 heavy (non-hydrogen) atoms. The summed E-state index contributed by atoms with van der Waals surface area (Å²) < 4.78 is 0. The maximum absolute atomic E-state index is 12.3. The lowest BCUT2D eigenvalue weighted by Gasteiger charge is -2.20. The lowest BCUT2D eigenvalue weighted by atomic mass is 10.0. The van der Waals surface area contributed by atoms with Crippen molar-refractivity contribution in [2.24, 2.45) is 0 Å². The predicted octanol–water partition coefficient (Wildman–Crippen LogP) is 12.2. The molecule has 0 saturated heterocycles. The van der Waals surface area contributed by atoms with Crippen molar-refractivity contribution >= 4 is 5.91 Å². The number of unbranched alkanes of at least 4 members (excludes halogenated alkanes) is 25. The minimum atomic E-state index is -0.843. The van der Waals surface area contributed by atoms with Crippen molar-refractivity contribution in [1.82, 2.24) is 5.32 Å². The predicted molar refractivity (Wildman–Crippen MR) is 202 cm³/mol. The second-order valence-corrected chi connectivity index (χ2v) is 13.7. The highest BCUT2D eigenvalue weighted by Crippen LogP contribution is 2.15. The third-order valence-electron chi connectivity index (χ3n) is 9.10. The molecular weight excluding hydrogens is 566 g/mol. The standard InChI is InChI=1S/C42H79NO3/c1-3-5-7-9-11-13-15-17-18-19-20-21-22-23-24-26-27-29-31-33-35-37-41(45)40(39-44)43-42(46)38-36-34-32-30-28-25-16-14-12-10-8-6-4-2/h8,10,14,16,35,37,40-41,44-45H,3-7,9,11-13,15,17-34,36,38-39H2,1-2H3,(H,43,46)/b10-8-,16-14-,37-35+. The van der Waals surface area contributed by atoms with Gasteiger partial charge < -0.3 is 15.5 Å². The molecule has 1 amide bonds. The fourth-order valence-electron chi connectivity index (χ4n) is 5.98. The van der Waals surface area contributed by atoms with Crippen LogP contribution in [0.25, 0.3) is 0 Å². The fourth-order valence-corrected chi connectivity index (χ4v) is 5.98. The highest BCUT2D eigenvalue weighted by atomic mass is 16.3. The molecule has 0 aliphatic carbocycles. The Morgan fingerprint density at radius 2 is 0.935 bits per heavy atom. The van der Waals surface area contributed by atoms with Crippen LogP contribution >= 0.6 is 0 Å². The first-order valence-corrected chi connectivity index (χ1v) is 20.2. The van der Waals surface area contributed by atoms with Gasteiger partial charge in [0.2, 0.25) is 5.91 Å². The Kier molecular flexibility index (Phi) is 36.9. The van der Waals surface area contributed by atoms with E-state index >= 15 is 0 Å². The van der Waals surface area contributed by atoms with Crippen LogP contribution in [0.1, 0.15) is 206 Å². The van der Waals surface area contributed by atoms with Gasteiger partial charge in [0.15, 0.2) is 0 Å². The zero-order valence-electron chi connectivity index (χ0n) is 30.8. The Labute approximate surface area is 287 Å². The minimum Gasteiger partial charge on any atom is -0.394 e. The van der Waals surface area contributed by atoms with E-state index in [2.05, 4.69) is 43.5 Å². The number of carbonyl (C=O) groups excluding carboxylic acids is 1. The summed E-state index contributed by atoms with van der Waals surface area (Å²) in [6, 6.07) is -0.627. The molecule has 0 saturated carbocycles. The van der Waals surface area contributed by atoms with Crippen LogP contribution in [0, 0.1) is 0 Å². The van der Waals surface area contributed by atoms with Crippen LogP contribution in [0.5, 0.6) is 0 Å². The average Bonchev–Trinajstić information content (AvgIpc) is 3.06. The van der Waals surface area contributed by atoms with E-state index in [1.807, 2.05) is 6.08 Å². The quantitative estimate of drug-likeness (QED) is 0.0469. The number of rotatable bonds is 36. The molecule has 0 aliphatic heterocycles.